The fourth-order valence-electron chi connectivity index (χ4n) is 1.68. The van der Waals surface area contributed by atoms with Crippen molar-refractivity contribution in [2.45, 2.75) is 20.3 Å². The number of aryl methyl sites for hydroxylation is 1. The molecule has 0 saturated heterocycles. The molecule has 0 saturated carbocycles. The summed E-state index contributed by atoms with van der Waals surface area (Å²) < 4.78 is 1.72. The molecular weight excluding hydrogens is 200 g/mol. The third-order valence-electron chi connectivity index (χ3n) is 2.60. The average molecular weight is 212 g/mol. The van der Waals surface area contributed by atoms with Gasteiger partial charge in [-0.15, -0.1) is 5.10 Å². The molecule has 0 radical (unpaired) electrons. The minimum absolute atomic E-state index is 0.380. The second-order valence-electron chi connectivity index (χ2n) is 3.53. The van der Waals surface area contributed by atoms with Gasteiger partial charge in [0, 0.05) is 0 Å². The van der Waals surface area contributed by atoms with Crippen LogP contribution >= 0.6 is 0 Å². The van der Waals surface area contributed by atoms with E-state index in [1.54, 1.807) is 4.68 Å². The molecule has 0 N–H and O–H groups in total. The van der Waals surface area contributed by atoms with Gasteiger partial charge in [-0.3, -0.25) is 0 Å². The predicted octanol–water partition coefficient (Wildman–Crippen LogP) is 2.01. The lowest BCUT2D eigenvalue weighted by Crippen LogP contribution is -2.02. The van der Waals surface area contributed by atoms with E-state index in [4.69, 9.17) is 5.26 Å². The third-order valence-corrected chi connectivity index (χ3v) is 2.60. The lowest BCUT2D eigenvalue weighted by molar-refractivity contribution is 0.775. The maximum atomic E-state index is 8.84. The molecule has 0 amide bonds. The second-order valence-corrected chi connectivity index (χ2v) is 3.53. The molecule has 80 valence electrons. The zero-order valence-electron chi connectivity index (χ0n) is 9.31. The monoisotopic (exact) mass is 212 g/mol. The van der Waals surface area contributed by atoms with Crippen molar-refractivity contribution >= 4 is 0 Å². The maximum Gasteiger partial charge on any atom is 0.186 e. The van der Waals surface area contributed by atoms with Gasteiger partial charge in [-0.25, -0.2) is 4.68 Å². The zero-order valence-corrected chi connectivity index (χ0v) is 9.31. The summed E-state index contributed by atoms with van der Waals surface area (Å²) in [6, 6.07) is 10.0. The van der Waals surface area contributed by atoms with Crippen molar-refractivity contribution in [3.63, 3.8) is 0 Å². The van der Waals surface area contributed by atoms with Crippen LogP contribution in [-0.2, 0) is 6.42 Å². The summed E-state index contributed by atoms with van der Waals surface area (Å²) in [6.07, 6.45) is 0.928. The number of aromatic nitrogens is 3. The standard InChI is InChI=1S/C12H12N4/c1-3-10-6-4-5-7-12(10)16-9(2)11(8-13)14-15-16/h4-7H,3H2,1-2H3. The summed E-state index contributed by atoms with van der Waals surface area (Å²) in [4.78, 5) is 0. The van der Waals surface area contributed by atoms with Crippen LogP contribution in [0.15, 0.2) is 24.3 Å². The maximum absolute atomic E-state index is 8.84. The highest BCUT2D eigenvalue weighted by Crippen LogP contribution is 2.16. The molecule has 1 heterocycles. The summed E-state index contributed by atoms with van der Waals surface area (Å²) in [5, 5.41) is 16.7. The minimum Gasteiger partial charge on any atom is -0.216 e. The van der Waals surface area contributed by atoms with Gasteiger partial charge in [0.05, 0.1) is 11.4 Å². The Morgan fingerprint density at radius 2 is 2.12 bits per heavy atom. The van der Waals surface area contributed by atoms with E-state index in [0.717, 1.165) is 17.8 Å². The highest BCUT2D eigenvalue weighted by atomic mass is 15.4. The molecule has 4 nitrogen and oxygen atoms in total. The first kappa shape index (κ1) is 10.4. The highest BCUT2D eigenvalue weighted by molar-refractivity contribution is 5.42. The molecule has 0 atom stereocenters. The molecule has 1 aromatic carbocycles. The smallest absolute Gasteiger partial charge is 0.186 e. The summed E-state index contributed by atoms with van der Waals surface area (Å²) in [5.41, 5.74) is 3.35. The van der Waals surface area contributed by atoms with Gasteiger partial charge in [-0.05, 0) is 25.0 Å². The number of benzene rings is 1. The zero-order chi connectivity index (χ0) is 11.5. The molecule has 16 heavy (non-hydrogen) atoms. The van der Waals surface area contributed by atoms with Gasteiger partial charge in [-0.1, -0.05) is 30.3 Å². The quantitative estimate of drug-likeness (QED) is 0.765. The van der Waals surface area contributed by atoms with Gasteiger partial charge in [0.1, 0.15) is 6.07 Å². The van der Waals surface area contributed by atoms with Gasteiger partial charge in [-0.2, -0.15) is 5.26 Å². The van der Waals surface area contributed by atoms with Crippen molar-refractivity contribution in [3.8, 4) is 11.8 Å². The number of hydrogen-bond donors (Lipinski definition) is 0. The van der Waals surface area contributed by atoms with Crippen LogP contribution < -0.4 is 0 Å². The van der Waals surface area contributed by atoms with E-state index in [2.05, 4.69) is 23.3 Å². The predicted molar refractivity (Wildman–Crippen MR) is 60.2 cm³/mol. The van der Waals surface area contributed by atoms with E-state index in [-0.39, 0.29) is 0 Å². The summed E-state index contributed by atoms with van der Waals surface area (Å²) in [7, 11) is 0. The molecule has 1 aromatic heterocycles. The van der Waals surface area contributed by atoms with Gasteiger partial charge in [0.15, 0.2) is 5.69 Å². The number of nitrogens with zero attached hydrogens (tertiary/aromatic N) is 4. The SMILES string of the molecule is CCc1ccccc1-n1nnc(C#N)c1C. The summed E-state index contributed by atoms with van der Waals surface area (Å²) >= 11 is 0. The fraction of sp³-hybridized carbons (Fsp3) is 0.250. The first-order valence-electron chi connectivity index (χ1n) is 5.18. The second kappa shape index (κ2) is 4.15. The molecule has 0 bridgehead atoms. The molecule has 0 unspecified atom stereocenters. The molecule has 2 aromatic rings. The Kier molecular flexibility index (Phi) is 2.69. The Labute approximate surface area is 94.1 Å². The molecule has 4 heteroatoms. The van der Waals surface area contributed by atoms with Crippen LogP contribution in [0.3, 0.4) is 0 Å². The third kappa shape index (κ3) is 1.57. The Balaban J connectivity index is 2.59. The molecule has 0 fully saturated rings. The lowest BCUT2D eigenvalue weighted by atomic mass is 10.1. The van der Waals surface area contributed by atoms with Gasteiger partial charge >= 0.3 is 0 Å². The van der Waals surface area contributed by atoms with Crippen LogP contribution in [-0.4, -0.2) is 15.0 Å². The van der Waals surface area contributed by atoms with E-state index in [1.807, 2.05) is 31.2 Å². The molecule has 0 spiro atoms. The van der Waals surface area contributed by atoms with Crippen LogP contribution in [0.2, 0.25) is 0 Å². The highest BCUT2D eigenvalue weighted by Gasteiger charge is 2.11. The molecular formula is C12H12N4. The minimum atomic E-state index is 0.380. The number of nitriles is 1. The van der Waals surface area contributed by atoms with Crippen LogP contribution in [0.1, 0.15) is 23.9 Å². The Morgan fingerprint density at radius 1 is 1.38 bits per heavy atom. The van der Waals surface area contributed by atoms with Crippen molar-refractivity contribution in [1.82, 2.24) is 15.0 Å². The fourth-order valence-corrected chi connectivity index (χ4v) is 1.68. The van der Waals surface area contributed by atoms with Gasteiger partial charge < -0.3 is 0 Å². The largest absolute Gasteiger partial charge is 0.216 e. The summed E-state index contributed by atoms with van der Waals surface area (Å²) in [6.45, 7) is 3.95. The van der Waals surface area contributed by atoms with E-state index in [9.17, 15) is 0 Å². The average Bonchev–Trinajstić information content (AvgIpc) is 2.70. The Morgan fingerprint density at radius 3 is 2.75 bits per heavy atom. The van der Waals surface area contributed by atoms with E-state index in [0.29, 0.717) is 5.69 Å². The van der Waals surface area contributed by atoms with Crippen molar-refractivity contribution in [2.75, 3.05) is 0 Å². The Hall–Kier alpha value is -2.15. The van der Waals surface area contributed by atoms with Crippen molar-refractivity contribution in [3.05, 3.63) is 41.2 Å². The van der Waals surface area contributed by atoms with Crippen molar-refractivity contribution in [2.24, 2.45) is 0 Å². The Bertz CT molecular complexity index is 548. The molecule has 2 rings (SSSR count). The molecule has 0 aliphatic heterocycles. The number of rotatable bonds is 2. The molecule has 0 aliphatic carbocycles. The molecule has 0 aliphatic rings. The number of hydrogen-bond acceptors (Lipinski definition) is 3. The first-order valence-corrected chi connectivity index (χ1v) is 5.18. The van der Waals surface area contributed by atoms with E-state index in [1.165, 1.54) is 5.56 Å². The van der Waals surface area contributed by atoms with Gasteiger partial charge in [0.25, 0.3) is 0 Å². The first-order chi connectivity index (χ1) is 7.77. The lowest BCUT2D eigenvalue weighted by Gasteiger charge is -2.07. The van der Waals surface area contributed by atoms with Crippen LogP contribution in [0, 0.1) is 18.3 Å². The van der Waals surface area contributed by atoms with Gasteiger partial charge in [0.2, 0.25) is 0 Å². The number of para-hydroxylation sites is 1. The normalized spacial score (nSPS) is 10.1. The summed E-state index contributed by atoms with van der Waals surface area (Å²) in [5.74, 6) is 0. The van der Waals surface area contributed by atoms with Crippen LogP contribution in [0.5, 0.6) is 0 Å². The van der Waals surface area contributed by atoms with E-state index < -0.39 is 0 Å². The van der Waals surface area contributed by atoms with Crippen molar-refractivity contribution in [1.29, 1.82) is 5.26 Å². The van der Waals surface area contributed by atoms with E-state index >= 15 is 0 Å². The van der Waals surface area contributed by atoms with Crippen molar-refractivity contribution < 1.29 is 0 Å². The van der Waals surface area contributed by atoms with Crippen LogP contribution in [0.4, 0.5) is 0 Å². The topological polar surface area (TPSA) is 54.5 Å². The van der Waals surface area contributed by atoms with Crippen LogP contribution in [0.25, 0.3) is 5.69 Å².